The van der Waals surface area contributed by atoms with Crippen LogP contribution in [0.15, 0.2) is 39.0 Å². The van der Waals surface area contributed by atoms with Crippen molar-refractivity contribution in [1.29, 1.82) is 5.41 Å². The molecule has 1 aromatic carbocycles. The van der Waals surface area contributed by atoms with Gasteiger partial charge in [0.15, 0.2) is 0 Å². The van der Waals surface area contributed by atoms with Crippen molar-refractivity contribution in [2.24, 2.45) is 5.10 Å². The Morgan fingerprint density at radius 1 is 1.28 bits per heavy atom. The summed E-state index contributed by atoms with van der Waals surface area (Å²) in [5.41, 5.74) is 1.99. The predicted molar refractivity (Wildman–Crippen MR) is 128 cm³/mol. The summed E-state index contributed by atoms with van der Waals surface area (Å²) >= 11 is 1.23. The first-order valence-corrected chi connectivity index (χ1v) is 10.7. The SMILES string of the molecule is COc1ccccc1CCn1c(=O)n(C(C)(C)C=O)c(=O)c2c(C)c(N/N=C\C=N)sc21. The van der Waals surface area contributed by atoms with Crippen LogP contribution in [-0.2, 0) is 23.3 Å². The summed E-state index contributed by atoms with van der Waals surface area (Å²) in [5.74, 6) is 0.712. The number of hydrazone groups is 1. The van der Waals surface area contributed by atoms with Crippen LogP contribution in [0.1, 0.15) is 25.0 Å². The van der Waals surface area contributed by atoms with E-state index in [-0.39, 0.29) is 6.54 Å². The van der Waals surface area contributed by atoms with Crippen LogP contribution in [0.4, 0.5) is 5.00 Å². The number of ether oxygens (including phenoxy) is 1. The number of nitrogens with one attached hydrogen (secondary N) is 2. The van der Waals surface area contributed by atoms with Gasteiger partial charge in [0.2, 0.25) is 0 Å². The molecular weight excluding hydrogens is 430 g/mol. The van der Waals surface area contributed by atoms with Crippen LogP contribution in [-0.4, -0.2) is 35.0 Å². The molecule has 0 amide bonds. The van der Waals surface area contributed by atoms with Gasteiger partial charge in [0.05, 0.1) is 18.7 Å². The standard InChI is InChI=1S/C22H25N5O4S/c1-14-17-19(29)27(22(2,3)13-28)21(30)26(20(17)32-18(14)25-24-11-10-23)12-9-15-7-5-6-8-16(15)31-4/h5-8,10-11,13,23,25H,9,12H2,1-4H3/b23-10?,24-11-. The van der Waals surface area contributed by atoms with Crippen LogP contribution in [0.25, 0.3) is 10.2 Å². The number of aryl methyl sites for hydroxylation is 3. The number of carbonyl (C=O) groups is 1. The summed E-state index contributed by atoms with van der Waals surface area (Å²) in [4.78, 5) is 39.0. The molecule has 2 heterocycles. The number of thiophene rings is 1. The van der Waals surface area contributed by atoms with E-state index >= 15 is 0 Å². The van der Waals surface area contributed by atoms with Crippen molar-refractivity contribution in [3.8, 4) is 5.75 Å². The third kappa shape index (κ3) is 4.13. The number of anilines is 1. The molecule has 0 aliphatic heterocycles. The maximum atomic E-state index is 13.4. The summed E-state index contributed by atoms with van der Waals surface area (Å²) in [5, 5.41) is 11.9. The van der Waals surface area contributed by atoms with Crippen LogP contribution in [0, 0.1) is 12.3 Å². The number of carbonyl (C=O) groups excluding carboxylic acids is 1. The highest BCUT2D eigenvalue weighted by molar-refractivity contribution is 7.22. The second kappa shape index (κ2) is 9.31. The lowest BCUT2D eigenvalue weighted by Crippen LogP contribution is -2.49. The number of para-hydroxylation sites is 1. The molecule has 0 aliphatic rings. The van der Waals surface area contributed by atoms with E-state index in [9.17, 15) is 14.4 Å². The quantitative estimate of drug-likeness (QED) is 0.292. The molecule has 0 radical (unpaired) electrons. The van der Waals surface area contributed by atoms with Crippen molar-refractivity contribution < 1.29 is 9.53 Å². The first-order chi connectivity index (χ1) is 15.3. The average molecular weight is 456 g/mol. The molecule has 2 N–H and O–H groups in total. The molecule has 10 heteroatoms. The summed E-state index contributed by atoms with van der Waals surface area (Å²) in [6, 6.07) is 7.54. The number of aldehydes is 1. The highest BCUT2D eigenvalue weighted by atomic mass is 32.1. The number of benzene rings is 1. The highest BCUT2D eigenvalue weighted by Gasteiger charge is 2.28. The number of hydrogen-bond donors (Lipinski definition) is 2. The van der Waals surface area contributed by atoms with Crippen LogP contribution >= 0.6 is 11.3 Å². The fraction of sp³-hybridized carbons (Fsp3) is 0.318. The van der Waals surface area contributed by atoms with Gasteiger partial charge in [-0.05, 0) is 38.8 Å². The van der Waals surface area contributed by atoms with Crippen LogP contribution in [0.3, 0.4) is 0 Å². The van der Waals surface area contributed by atoms with Crippen molar-refractivity contribution in [2.75, 3.05) is 12.5 Å². The van der Waals surface area contributed by atoms with Gasteiger partial charge in [-0.3, -0.25) is 14.8 Å². The summed E-state index contributed by atoms with van der Waals surface area (Å²) in [7, 11) is 1.59. The predicted octanol–water partition coefficient (Wildman–Crippen LogP) is 2.77. The lowest BCUT2D eigenvalue weighted by molar-refractivity contribution is -0.114. The minimum Gasteiger partial charge on any atom is -0.496 e. The molecule has 0 saturated heterocycles. The van der Waals surface area contributed by atoms with E-state index in [1.54, 1.807) is 14.0 Å². The Kier molecular flexibility index (Phi) is 6.73. The van der Waals surface area contributed by atoms with Crippen molar-refractivity contribution in [3.63, 3.8) is 0 Å². The minimum atomic E-state index is -1.31. The van der Waals surface area contributed by atoms with Gasteiger partial charge in [0, 0.05) is 18.3 Å². The van der Waals surface area contributed by atoms with Gasteiger partial charge >= 0.3 is 5.69 Å². The number of methoxy groups -OCH3 is 1. The average Bonchev–Trinajstić information content (AvgIpc) is 3.10. The van der Waals surface area contributed by atoms with Gasteiger partial charge in [0.25, 0.3) is 5.56 Å². The van der Waals surface area contributed by atoms with E-state index in [4.69, 9.17) is 10.1 Å². The Balaban J connectivity index is 2.24. The molecule has 3 rings (SSSR count). The zero-order valence-electron chi connectivity index (χ0n) is 18.3. The van der Waals surface area contributed by atoms with Crippen molar-refractivity contribution >= 4 is 45.3 Å². The Bertz CT molecular complexity index is 1320. The topological polar surface area (TPSA) is 119 Å². The van der Waals surface area contributed by atoms with Gasteiger partial charge in [-0.1, -0.05) is 29.5 Å². The number of nitrogens with zero attached hydrogens (tertiary/aromatic N) is 3. The molecule has 0 unspecified atom stereocenters. The van der Waals surface area contributed by atoms with Gasteiger partial charge < -0.3 is 14.9 Å². The van der Waals surface area contributed by atoms with Crippen LogP contribution in [0.5, 0.6) is 5.75 Å². The maximum Gasteiger partial charge on any atom is 0.332 e. The Labute approximate surface area is 188 Å². The third-order valence-electron chi connectivity index (χ3n) is 5.19. The first kappa shape index (κ1) is 23.1. The molecule has 3 aromatic rings. The van der Waals surface area contributed by atoms with E-state index in [0.29, 0.717) is 39.2 Å². The first-order valence-electron chi connectivity index (χ1n) is 9.92. The van der Waals surface area contributed by atoms with Gasteiger partial charge in [-0.25, -0.2) is 9.36 Å². The van der Waals surface area contributed by atoms with Crippen molar-refractivity contribution in [1.82, 2.24) is 9.13 Å². The molecule has 32 heavy (non-hydrogen) atoms. The van der Waals surface area contributed by atoms with Gasteiger partial charge in [0.1, 0.15) is 27.4 Å². The third-order valence-corrected chi connectivity index (χ3v) is 6.41. The molecule has 168 valence electrons. The monoisotopic (exact) mass is 455 g/mol. The Morgan fingerprint density at radius 2 is 2.00 bits per heavy atom. The van der Waals surface area contributed by atoms with E-state index in [1.165, 1.54) is 36.0 Å². The van der Waals surface area contributed by atoms with Gasteiger partial charge in [-0.2, -0.15) is 5.10 Å². The fourth-order valence-corrected chi connectivity index (χ4v) is 4.65. The zero-order chi connectivity index (χ0) is 23.5. The lowest BCUT2D eigenvalue weighted by atomic mass is 10.1. The molecule has 0 atom stereocenters. The fourth-order valence-electron chi connectivity index (χ4n) is 3.49. The molecule has 9 nitrogen and oxygen atoms in total. The van der Waals surface area contributed by atoms with E-state index < -0.39 is 16.8 Å². The van der Waals surface area contributed by atoms with Crippen LogP contribution in [0.2, 0.25) is 0 Å². The zero-order valence-corrected chi connectivity index (χ0v) is 19.2. The molecule has 0 aliphatic carbocycles. The smallest absolute Gasteiger partial charge is 0.332 e. The molecular formula is C22H25N5O4S. The lowest BCUT2D eigenvalue weighted by Gasteiger charge is -2.22. The second-order valence-corrected chi connectivity index (χ2v) is 8.70. The number of rotatable bonds is 9. The van der Waals surface area contributed by atoms with Crippen LogP contribution < -0.4 is 21.4 Å². The summed E-state index contributed by atoms with van der Waals surface area (Å²) in [6.45, 7) is 5.12. The van der Waals surface area contributed by atoms with Crippen molar-refractivity contribution in [2.45, 2.75) is 39.3 Å². The number of hydrogen-bond acceptors (Lipinski definition) is 8. The van der Waals surface area contributed by atoms with Gasteiger partial charge in [-0.15, -0.1) is 0 Å². The molecule has 0 bridgehead atoms. The Hall–Kier alpha value is -3.53. The number of aromatic nitrogens is 2. The second-order valence-electron chi connectivity index (χ2n) is 7.70. The van der Waals surface area contributed by atoms with E-state index in [0.717, 1.165) is 16.3 Å². The molecule has 0 spiro atoms. The highest BCUT2D eigenvalue weighted by Crippen LogP contribution is 2.33. The molecule has 0 saturated carbocycles. The molecule has 0 fully saturated rings. The van der Waals surface area contributed by atoms with Crippen molar-refractivity contribution in [3.05, 3.63) is 56.2 Å². The maximum absolute atomic E-state index is 13.4. The Morgan fingerprint density at radius 3 is 2.66 bits per heavy atom. The van der Waals surface area contributed by atoms with E-state index in [1.807, 2.05) is 24.3 Å². The largest absolute Gasteiger partial charge is 0.496 e. The summed E-state index contributed by atoms with van der Waals surface area (Å²) < 4.78 is 7.95. The summed E-state index contributed by atoms with van der Waals surface area (Å²) in [6.07, 6.45) is 3.39. The normalized spacial score (nSPS) is 11.8. The minimum absolute atomic E-state index is 0.286. The van der Waals surface area contributed by atoms with E-state index in [2.05, 4.69) is 10.5 Å². The number of fused-ring (bicyclic) bond motifs is 1. The molecule has 2 aromatic heterocycles.